The molecular formula is C23H33N5O. The lowest BCUT2D eigenvalue weighted by atomic mass is 10.2. The quantitative estimate of drug-likeness (QED) is 0.718. The summed E-state index contributed by atoms with van der Waals surface area (Å²) in [6.45, 7) is 10.8. The molecule has 2 aromatic carbocycles. The average molecular weight is 396 g/mol. The monoisotopic (exact) mass is 395 g/mol. The first-order valence-corrected chi connectivity index (χ1v) is 10.5. The first-order chi connectivity index (χ1) is 14.1. The molecule has 1 aliphatic heterocycles. The number of amides is 1. The summed E-state index contributed by atoms with van der Waals surface area (Å²) in [6.07, 6.45) is 0. The van der Waals surface area contributed by atoms with Crippen molar-refractivity contribution < 1.29 is 4.79 Å². The number of hydrogen-bond donors (Lipinski definition) is 2. The number of nitrogens with one attached hydrogen (secondary N) is 2. The van der Waals surface area contributed by atoms with Gasteiger partial charge in [-0.3, -0.25) is 4.79 Å². The fourth-order valence-electron chi connectivity index (χ4n) is 3.59. The normalized spacial score (nSPS) is 14.5. The lowest BCUT2D eigenvalue weighted by Gasteiger charge is -2.34. The second-order valence-corrected chi connectivity index (χ2v) is 7.46. The molecule has 156 valence electrons. The van der Waals surface area contributed by atoms with E-state index in [1.54, 1.807) is 0 Å². The molecule has 1 aliphatic rings. The van der Waals surface area contributed by atoms with Gasteiger partial charge in [-0.1, -0.05) is 0 Å². The average Bonchev–Trinajstić information content (AvgIpc) is 2.75. The Hall–Kier alpha value is -2.73. The lowest BCUT2D eigenvalue weighted by Crippen LogP contribution is -2.44. The fourth-order valence-corrected chi connectivity index (χ4v) is 3.59. The van der Waals surface area contributed by atoms with Gasteiger partial charge < -0.3 is 25.3 Å². The maximum absolute atomic E-state index is 12.3. The SMILES string of the molecule is CCN(CC)c1ccc(NC(=O)CNc2ccc(N3CCN(C)CC3)cc2)cc1. The second-order valence-electron chi connectivity index (χ2n) is 7.46. The highest BCUT2D eigenvalue weighted by Crippen LogP contribution is 2.20. The van der Waals surface area contributed by atoms with Gasteiger partial charge in [0.25, 0.3) is 0 Å². The van der Waals surface area contributed by atoms with Gasteiger partial charge in [-0.15, -0.1) is 0 Å². The highest BCUT2D eigenvalue weighted by Gasteiger charge is 2.14. The first-order valence-electron chi connectivity index (χ1n) is 10.5. The molecular weight excluding hydrogens is 362 g/mol. The van der Waals surface area contributed by atoms with E-state index >= 15 is 0 Å². The van der Waals surface area contributed by atoms with E-state index < -0.39 is 0 Å². The number of anilines is 4. The molecule has 6 nitrogen and oxygen atoms in total. The third-order valence-electron chi connectivity index (χ3n) is 5.47. The standard InChI is InChI=1S/C23H33N5O/c1-4-27(5-2)21-12-8-20(9-13-21)25-23(29)18-24-19-6-10-22(11-7-19)28-16-14-26(3)15-17-28/h6-13,24H,4-5,14-18H2,1-3H3,(H,25,29). The molecule has 1 saturated heterocycles. The zero-order valence-electron chi connectivity index (χ0n) is 17.8. The van der Waals surface area contributed by atoms with Crippen LogP contribution in [0, 0.1) is 0 Å². The van der Waals surface area contributed by atoms with Crippen molar-refractivity contribution in [1.82, 2.24) is 4.90 Å². The molecule has 0 spiro atoms. The highest BCUT2D eigenvalue weighted by atomic mass is 16.1. The lowest BCUT2D eigenvalue weighted by molar-refractivity contribution is -0.114. The molecule has 2 N–H and O–H groups in total. The Morgan fingerprint density at radius 2 is 1.48 bits per heavy atom. The Kier molecular flexibility index (Phi) is 7.36. The smallest absolute Gasteiger partial charge is 0.243 e. The number of carbonyl (C=O) groups excluding carboxylic acids is 1. The molecule has 0 aliphatic carbocycles. The summed E-state index contributed by atoms with van der Waals surface area (Å²) in [5.41, 5.74) is 4.18. The molecule has 0 aromatic heterocycles. The van der Waals surface area contributed by atoms with Crippen molar-refractivity contribution in [3.8, 4) is 0 Å². The summed E-state index contributed by atoms with van der Waals surface area (Å²) in [6, 6.07) is 16.3. The van der Waals surface area contributed by atoms with Crippen molar-refractivity contribution in [3.63, 3.8) is 0 Å². The predicted octanol–water partition coefficient (Wildman–Crippen LogP) is 3.34. The van der Waals surface area contributed by atoms with Gasteiger partial charge in [0.05, 0.1) is 6.54 Å². The van der Waals surface area contributed by atoms with Crippen LogP contribution in [0.1, 0.15) is 13.8 Å². The zero-order valence-corrected chi connectivity index (χ0v) is 17.8. The van der Waals surface area contributed by atoms with Crippen LogP contribution in [-0.4, -0.2) is 63.7 Å². The number of nitrogens with zero attached hydrogens (tertiary/aromatic N) is 3. The molecule has 1 fully saturated rings. The molecule has 6 heteroatoms. The summed E-state index contributed by atoms with van der Waals surface area (Å²) in [4.78, 5) is 19.3. The van der Waals surface area contributed by atoms with E-state index in [0.717, 1.165) is 50.6 Å². The van der Waals surface area contributed by atoms with Crippen molar-refractivity contribution in [2.75, 3.05) is 73.3 Å². The van der Waals surface area contributed by atoms with E-state index in [4.69, 9.17) is 0 Å². The van der Waals surface area contributed by atoms with E-state index in [1.807, 2.05) is 36.4 Å². The van der Waals surface area contributed by atoms with Crippen molar-refractivity contribution in [2.45, 2.75) is 13.8 Å². The minimum atomic E-state index is -0.0521. The zero-order chi connectivity index (χ0) is 20.6. The Morgan fingerprint density at radius 3 is 2.07 bits per heavy atom. The Labute approximate surface area is 174 Å². The molecule has 0 radical (unpaired) electrons. The fraction of sp³-hybridized carbons (Fsp3) is 0.435. The summed E-state index contributed by atoms with van der Waals surface area (Å²) in [7, 11) is 2.16. The van der Waals surface area contributed by atoms with Crippen LogP contribution >= 0.6 is 0 Å². The number of rotatable bonds is 8. The minimum absolute atomic E-state index is 0.0521. The molecule has 1 amide bonds. The number of carbonyl (C=O) groups is 1. The summed E-state index contributed by atoms with van der Waals surface area (Å²) < 4.78 is 0. The largest absolute Gasteiger partial charge is 0.376 e. The Morgan fingerprint density at radius 1 is 0.897 bits per heavy atom. The van der Waals surface area contributed by atoms with Crippen LogP contribution in [0.25, 0.3) is 0 Å². The van der Waals surface area contributed by atoms with Crippen molar-refractivity contribution >= 4 is 28.7 Å². The van der Waals surface area contributed by atoms with Gasteiger partial charge in [0.15, 0.2) is 0 Å². The van der Waals surface area contributed by atoms with Crippen molar-refractivity contribution in [1.29, 1.82) is 0 Å². The van der Waals surface area contributed by atoms with Gasteiger partial charge in [0, 0.05) is 62.0 Å². The summed E-state index contributed by atoms with van der Waals surface area (Å²) in [5, 5.41) is 6.15. The third kappa shape index (κ3) is 5.87. The van der Waals surface area contributed by atoms with Gasteiger partial charge >= 0.3 is 0 Å². The van der Waals surface area contributed by atoms with Crippen LogP contribution < -0.4 is 20.4 Å². The molecule has 0 unspecified atom stereocenters. The maximum Gasteiger partial charge on any atom is 0.243 e. The molecule has 3 rings (SSSR count). The summed E-state index contributed by atoms with van der Waals surface area (Å²) in [5.74, 6) is -0.0521. The second kappa shape index (κ2) is 10.2. The van der Waals surface area contributed by atoms with E-state index in [1.165, 1.54) is 11.4 Å². The summed E-state index contributed by atoms with van der Waals surface area (Å²) >= 11 is 0. The highest BCUT2D eigenvalue weighted by molar-refractivity contribution is 5.93. The van der Waals surface area contributed by atoms with Crippen LogP contribution in [0.3, 0.4) is 0 Å². The van der Waals surface area contributed by atoms with Crippen LogP contribution in [0.2, 0.25) is 0 Å². The van der Waals surface area contributed by atoms with Gasteiger partial charge in [0.2, 0.25) is 5.91 Å². The topological polar surface area (TPSA) is 50.9 Å². The molecule has 0 atom stereocenters. The van der Waals surface area contributed by atoms with Gasteiger partial charge in [-0.05, 0) is 69.4 Å². The molecule has 2 aromatic rings. The van der Waals surface area contributed by atoms with E-state index in [-0.39, 0.29) is 12.5 Å². The number of hydrogen-bond acceptors (Lipinski definition) is 5. The van der Waals surface area contributed by atoms with Gasteiger partial charge in [-0.2, -0.15) is 0 Å². The first kappa shape index (κ1) is 21.0. The maximum atomic E-state index is 12.3. The van der Waals surface area contributed by atoms with Gasteiger partial charge in [-0.25, -0.2) is 0 Å². The Bertz CT molecular complexity index is 763. The predicted molar refractivity (Wildman–Crippen MR) is 123 cm³/mol. The van der Waals surface area contributed by atoms with E-state index in [9.17, 15) is 4.79 Å². The molecule has 0 bridgehead atoms. The molecule has 0 saturated carbocycles. The van der Waals surface area contributed by atoms with Gasteiger partial charge in [0.1, 0.15) is 0 Å². The van der Waals surface area contributed by atoms with Crippen LogP contribution in [-0.2, 0) is 4.79 Å². The number of likely N-dealkylation sites (N-methyl/N-ethyl adjacent to an activating group) is 1. The third-order valence-corrected chi connectivity index (χ3v) is 5.47. The van der Waals surface area contributed by atoms with Crippen LogP contribution in [0.4, 0.5) is 22.7 Å². The number of piperazine rings is 1. The van der Waals surface area contributed by atoms with E-state index in [2.05, 4.69) is 58.4 Å². The van der Waals surface area contributed by atoms with E-state index in [0.29, 0.717) is 0 Å². The van der Waals surface area contributed by atoms with Crippen LogP contribution in [0.5, 0.6) is 0 Å². The molecule has 1 heterocycles. The molecule has 29 heavy (non-hydrogen) atoms. The number of benzene rings is 2. The van der Waals surface area contributed by atoms with Crippen molar-refractivity contribution in [2.24, 2.45) is 0 Å². The van der Waals surface area contributed by atoms with Crippen molar-refractivity contribution in [3.05, 3.63) is 48.5 Å². The van der Waals surface area contributed by atoms with Crippen LogP contribution in [0.15, 0.2) is 48.5 Å². The Balaban J connectivity index is 1.46. The minimum Gasteiger partial charge on any atom is -0.376 e.